The molecule has 1 amide bonds. The molecule has 2 rings (SSSR count). The van der Waals surface area contributed by atoms with Crippen molar-refractivity contribution >= 4 is 11.7 Å². The summed E-state index contributed by atoms with van der Waals surface area (Å²) in [5, 5.41) is 12.8. The van der Waals surface area contributed by atoms with Crippen molar-refractivity contribution in [3.05, 3.63) is 11.3 Å². The molecule has 2 heterocycles. The molecule has 0 aliphatic carbocycles. The van der Waals surface area contributed by atoms with Crippen LogP contribution in [-0.2, 0) is 9.53 Å². The number of H-pyrrole nitrogens is 1. The normalized spacial score (nSPS) is 23.9. The minimum Gasteiger partial charge on any atom is -0.380 e. The Bertz CT molecular complexity index is 416. The average molecular weight is 238 g/mol. The lowest BCUT2D eigenvalue weighted by Crippen LogP contribution is -2.35. The zero-order chi connectivity index (χ0) is 12.4. The summed E-state index contributed by atoms with van der Waals surface area (Å²) in [6.45, 7) is 4.56. The van der Waals surface area contributed by atoms with Crippen molar-refractivity contribution in [2.75, 3.05) is 19.0 Å². The van der Waals surface area contributed by atoms with Gasteiger partial charge < -0.3 is 15.4 Å². The van der Waals surface area contributed by atoms with E-state index < -0.39 is 0 Å². The fourth-order valence-corrected chi connectivity index (χ4v) is 1.89. The van der Waals surface area contributed by atoms with Gasteiger partial charge in [0.15, 0.2) is 5.82 Å². The highest BCUT2D eigenvalue weighted by atomic mass is 16.5. The number of aromatic nitrogens is 2. The highest BCUT2D eigenvalue weighted by molar-refractivity contribution is 5.94. The molecule has 2 unspecified atom stereocenters. The molecule has 1 aromatic heterocycles. The van der Waals surface area contributed by atoms with Crippen LogP contribution >= 0.6 is 0 Å². The third-order valence-corrected chi connectivity index (χ3v) is 3.24. The fourth-order valence-electron chi connectivity index (χ4n) is 1.89. The third-order valence-electron chi connectivity index (χ3n) is 3.24. The Kier molecular flexibility index (Phi) is 3.44. The predicted molar refractivity (Wildman–Crippen MR) is 63.9 cm³/mol. The molecule has 1 aliphatic rings. The van der Waals surface area contributed by atoms with Crippen molar-refractivity contribution in [1.82, 2.24) is 15.5 Å². The van der Waals surface area contributed by atoms with Crippen LogP contribution in [0.4, 0.5) is 5.82 Å². The maximum absolute atomic E-state index is 12.0. The number of ether oxygens (including phenoxy) is 1. The van der Waals surface area contributed by atoms with Crippen molar-refractivity contribution in [3.8, 4) is 0 Å². The first kappa shape index (κ1) is 12.1. The largest absolute Gasteiger partial charge is 0.380 e. The summed E-state index contributed by atoms with van der Waals surface area (Å²) in [7, 11) is 1.66. The van der Waals surface area contributed by atoms with Crippen molar-refractivity contribution < 1.29 is 9.53 Å². The predicted octanol–water partition coefficient (Wildman–Crippen LogP) is 0.342. The standard InChI is InChI=1S/C11H18N4O2/c1-6-7(2)14-15-10(6)13-11(16)9-4-8(17-3)5-12-9/h8-9,12H,4-5H2,1-3H3,(H2,13,14,15,16). The number of aromatic amines is 1. The van der Waals surface area contributed by atoms with Crippen LogP contribution in [0.25, 0.3) is 0 Å². The molecule has 1 fully saturated rings. The smallest absolute Gasteiger partial charge is 0.242 e. The van der Waals surface area contributed by atoms with Crippen LogP contribution in [0.5, 0.6) is 0 Å². The number of hydrogen-bond acceptors (Lipinski definition) is 4. The first-order valence-corrected chi connectivity index (χ1v) is 5.70. The van der Waals surface area contributed by atoms with Crippen LogP contribution in [0.1, 0.15) is 17.7 Å². The van der Waals surface area contributed by atoms with Gasteiger partial charge in [-0.25, -0.2) is 0 Å². The van der Waals surface area contributed by atoms with Gasteiger partial charge in [-0.05, 0) is 20.3 Å². The molecular weight excluding hydrogens is 220 g/mol. The first-order valence-electron chi connectivity index (χ1n) is 5.70. The molecule has 2 atom stereocenters. The Balaban J connectivity index is 1.96. The number of methoxy groups -OCH3 is 1. The number of nitrogens with one attached hydrogen (secondary N) is 3. The summed E-state index contributed by atoms with van der Waals surface area (Å²) in [5.41, 5.74) is 1.94. The number of nitrogens with zero attached hydrogens (tertiary/aromatic N) is 1. The van der Waals surface area contributed by atoms with Gasteiger partial charge in [-0.1, -0.05) is 0 Å². The molecule has 0 bridgehead atoms. The minimum atomic E-state index is -0.198. The van der Waals surface area contributed by atoms with E-state index in [2.05, 4.69) is 20.8 Å². The fraction of sp³-hybridized carbons (Fsp3) is 0.636. The van der Waals surface area contributed by atoms with Gasteiger partial charge in [0, 0.05) is 24.9 Å². The second kappa shape index (κ2) is 4.85. The van der Waals surface area contributed by atoms with E-state index in [0.29, 0.717) is 18.8 Å². The second-order valence-corrected chi connectivity index (χ2v) is 4.37. The topological polar surface area (TPSA) is 79.0 Å². The Hall–Kier alpha value is -1.40. The van der Waals surface area contributed by atoms with Crippen LogP contribution in [0, 0.1) is 13.8 Å². The van der Waals surface area contributed by atoms with Gasteiger partial charge in [-0.3, -0.25) is 9.89 Å². The number of carbonyl (C=O) groups excluding carboxylic acids is 1. The summed E-state index contributed by atoms with van der Waals surface area (Å²) in [5.74, 6) is 0.550. The molecule has 0 radical (unpaired) electrons. The quantitative estimate of drug-likeness (QED) is 0.709. The lowest BCUT2D eigenvalue weighted by Gasteiger charge is -2.10. The molecule has 0 aromatic carbocycles. The molecule has 17 heavy (non-hydrogen) atoms. The van der Waals surface area contributed by atoms with Crippen molar-refractivity contribution in [1.29, 1.82) is 0 Å². The Labute approximate surface area is 100 Å². The van der Waals surface area contributed by atoms with Gasteiger partial charge in [0.25, 0.3) is 0 Å². The van der Waals surface area contributed by atoms with E-state index in [-0.39, 0.29) is 18.1 Å². The monoisotopic (exact) mass is 238 g/mol. The van der Waals surface area contributed by atoms with Crippen LogP contribution < -0.4 is 10.6 Å². The van der Waals surface area contributed by atoms with E-state index in [1.54, 1.807) is 7.11 Å². The number of aryl methyl sites for hydroxylation is 1. The Morgan fingerprint density at radius 1 is 1.53 bits per heavy atom. The van der Waals surface area contributed by atoms with E-state index in [4.69, 9.17) is 4.74 Å². The van der Waals surface area contributed by atoms with Crippen molar-refractivity contribution in [3.63, 3.8) is 0 Å². The van der Waals surface area contributed by atoms with E-state index in [0.717, 1.165) is 11.3 Å². The number of hydrogen-bond donors (Lipinski definition) is 3. The van der Waals surface area contributed by atoms with Gasteiger partial charge in [0.2, 0.25) is 5.91 Å². The molecule has 0 saturated carbocycles. The summed E-state index contributed by atoms with van der Waals surface area (Å²) in [6, 6.07) is -0.198. The van der Waals surface area contributed by atoms with Crippen LogP contribution in [-0.4, -0.2) is 41.9 Å². The van der Waals surface area contributed by atoms with E-state index in [1.165, 1.54) is 0 Å². The molecular formula is C11H18N4O2. The minimum absolute atomic E-state index is 0.0563. The maximum Gasteiger partial charge on any atom is 0.242 e. The van der Waals surface area contributed by atoms with Crippen LogP contribution in [0.3, 0.4) is 0 Å². The van der Waals surface area contributed by atoms with E-state index in [9.17, 15) is 4.79 Å². The molecule has 1 saturated heterocycles. The molecule has 0 spiro atoms. The van der Waals surface area contributed by atoms with Crippen LogP contribution in [0.2, 0.25) is 0 Å². The Morgan fingerprint density at radius 2 is 2.29 bits per heavy atom. The lowest BCUT2D eigenvalue weighted by atomic mass is 10.2. The molecule has 3 N–H and O–H groups in total. The van der Waals surface area contributed by atoms with Crippen LogP contribution in [0.15, 0.2) is 0 Å². The van der Waals surface area contributed by atoms with Crippen molar-refractivity contribution in [2.24, 2.45) is 0 Å². The number of anilines is 1. The highest BCUT2D eigenvalue weighted by Crippen LogP contribution is 2.16. The molecule has 6 nitrogen and oxygen atoms in total. The first-order chi connectivity index (χ1) is 8.11. The lowest BCUT2D eigenvalue weighted by molar-refractivity contribution is -0.118. The average Bonchev–Trinajstić information content (AvgIpc) is 2.91. The summed E-state index contributed by atoms with van der Waals surface area (Å²) >= 11 is 0. The second-order valence-electron chi connectivity index (χ2n) is 4.37. The molecule has 6 heteroatoms. The van der Waals surface area contributed by atoms with Crippen molar-refractivity contribution in [2.45, 2.75) is 32.4 Å². The van der Waals surface area contributed by atoms with E-state index >= 15 is 0 Å². The number of rotatable bonds is 3. The van der Waals surface area contributed by atoms with Gasteiger partial charge in [-0.2, -0.15) is 5.10 Å². The zero-order valence-corrected chi connectivity index (χ0v) is 10.3. The van der Waals surface area contributed by atoms with Gasteiger partial charge >= 0.3 is 0 Å². The van der Waals surface area contributed by atoms with E-state index in [1.807, 2.05) is 13.8 Å². The number of amides is 1. The maximum atomic E-state index is 12.0. The number of carbonyl (C=O) groups is 1. The summed E-state index contributed by atoms with van der Waals surface area (Å²) in [4.78, 5) is 12.0. The summed E-state index contributed by atoms with van der Waals surface area (Å²) in [6.07, 6.45) is 0.817. The SMILES string of the molecule is COC1CNC(C(=O)Nc2n[nH]c(C)c2C)C1. The molecule has 1 aromatic rings. The van der Waals surface area contributed by atoms with Gasteiger partial charge in [0.1, 0.15) is 0 Å². The van der Waals surface area contributed by atoms with Gasteiger partial charge in [0.05, 0.1) is 12.1 Å². The third kappa shape index (κ3) is 2.48. The molecule has 1 aliphatic heterocycles. The molecule has 94 valence electrons. The zero-order valence-electron chi connectivity index (χ0n) is 10.3. The Morgan fingerprint density at radius 3 is 2.82 bits per heavy atom. The highest BCUT2D eigenvalue weighted by Gasteiger charge is 2.29. The summed E-state index contributed by atoms with van der Waals surface area (Å²) < 4.78 is 5.21. The van der Waals surface area contributed by atoms with Gasteiger partial charge in [-0.15, -0.1) is 0 Å².